The van der Waals surface area contributed by atoms with E-state index in [1.165, 1.54) is 0 Å². The number of carbonyl (C=O) groups is 3. The molecule has 2 rings (SSSR count). The molecule has 2 fully saturated rings. The Balaban J connectivity index is 2.07. The lowest BCUT2D eigenvalue weighted by Gasteiger charge is -2.42. The molecule has 0 bridgehead atoms. The highest BCUT2D eigenvalue weighted by Gasteiger charge is 2.55. The molecule has 0 aromatic rings. The van der Waals surface area contributed by atoms with Crippen molar-refractivity contribution in [3.05, 3.63) is 0 Å². The molecule has 1 radical (unpaired) electrons. The summed E-state index contributed by atoms with van der Waals surface area (Å²) in [5.41, 5.74) is -1.59. The Morgan fingerprint density at radius 3 is 2.04 bits per heavy atom. The minimum Gasteiger partial charge on any atom is -0.394 e. The smallest absolute Gasteiger partial charge is 0.252 e. The number of carbonyl (C=O) groups excluding carboxylic acids is 3. The fourth-order valence-electron chi connectivity index (χ4n) is 6.91. The molecule has 18 nitrogen and oxygen atoms in total. The van der Waals surface area contributed by atoms with Gasteiger partial charge < -0.3 is 66.3 Å². The van der Waals surface area contributed by atoms with Crippen LogP contribution in [0.2, 0.25) is 0 Å². The largest absolute Gasteiger partial charge is 0.394 e. The first kappa shape index (κ1) is 47.1. The molecular weight excluding hydrogens is 700 g/mol. The molecule has 2 aliphatic heterocycles. The quantitative estimate of drug-likeness (QED) is 0.0489. The SMILES string of the molecule is CCCCCCCCNC(=O)[C@H](CCCCNC(=O)C1CC(C)(C)N([O])C1(C)C)NC(=O)[C@H](O)[C@@H](O)[C@H](O[C@@H]1O[C@H](CO)[C@H](O)[C@H](O)[C@H]1O)[C@H](O)CO. The maximum Gasteiger partial charge on any atom is 0.252 e. The molecule has 1 unspecified atom stereocenters. The topological polar surface area (TPSA) is 291 Å². The standard InChI is InChI=1S/C35H65N4O14/c1-6-7-8-9-10-12-15-37-31(49)21(14-11-13-16-36-30(48)20-17-34(2,3)39(51)35(20,4)5)38-32(50)27(46)26(45)29(22(42)18-40)53-33-28(47)25(44)24(43)23(19-41)52-33/h20-29,33,40-47H,6-19H2,1-5H3,(H,36,48)(H,37,49)(H,38,50)/t20?,21-,22+,23+,24-,25-,26+,27+,28+,29+,33-/m0/s1. The molecule has 2 saturated heterocycles. The van der Waals surface area contributed by atoms with Gasteiger partial charge in [-0.3, -0.25) is 14.4 Å². The first-order chi connectivity index (χ1) is 24.8. The Morgan fingerprint density at radius 1 is 0.849 bits per heavy atom. The van der Waals surface area contributed by atoms with Gasteiger partial charge in [0.15, 0.2) is 12.4 Å². The summed E-state index contributed by atoms with van der Waals surface area (Å²) in [7, 11) is 0. The van der Waals surface area contributed by atoms with Crippen LogP contribution in [-0.4, -0.2) is 162 Å². The van der Waals surface area contributed by atoms with Crippen molar-refractivity contribution in [3.63, 3.8) is 0 Å². The second-order valence-electron chi connectivity index (χ2n) is 15.4. The van der Waals surface area contributed by atoms with Gasteiger partial charge in [-0.2, -0.15) is 0 Å². The number of ether oxygens (including phenoxy) is 2. The van der Waals surface area contributed by atoms with Crippen LogP contribution in [0.3, 0.4) is 0 Å². The molecule has 0 saturated carbocycles. The zero-order valence-corrected chi connectivity index (χ0v) is 31.7. The first-order valence-electron chi connectivity index (χ1n) is 18.8. The molecule has 3 amide bonds. The second-order valence-corrected chi connectivity index (χ2v) is 15.4. The number of hydroxylamine groups is 2. The lowest BCUT2D eigenvalue weighted by atomic mass is 9.86. The third kappa shape index (κ3) is 13.0. The molecule has 18 heteroatoms. The summed E-state index contributed by atoms with van der Waals surface area (Å²) in [6, 6.07) is -1.18. The molecule has 11 N–H and O–H groups in total. The highest BCUT2D eigenvalue weighted by molar-refractivity contribution is 5.89. The van der Waals surface area contributed by atoms with Gasteiger partial charge >= 0.3 is 0 Å². The van der Waals surface area contributed by atoms with Crippen LogP contribution in [0.25, 0.3) is 0 Å². The average Bonchev–Trinajstić information content (AvgIpc) is 3.29. The molecule has 2 aliphatic rings. The van der Waals surface area contributed by atoms with Crippen molar-refractivity contribution in [2.24, 2.45) is 5.92 Å². The fraction of sp³-hybridized carbons (Fsp3) is 0.914. The van der Waals surface area contributed by atoms with Crippen LogP contribution in [0.5, 0.6) is 0 Å². The van der Waals surface area contributed by atoms with Crippen molar-refractivity contribution in [3.8, 4) is 0 Å². The van der Waals surface area contributed by atoms with Crippen LogP contribution in [-0.2, 0) is 29.1 Å². The Kier molecular flexibility index (Phi) is 19.4. The fourth-order valence-corrected chi connectivity index (χ4v) is 6.91. The number of nitrogens with one attached hydrogen (secondary N) is 3. The second kappa shape index (κ2) is 21.9. The van der Waals surface area contributed by atoms with Gasteiger partial charge in [0.2, 0.25) is 11.8 Å². The summed E-state index contributed by atoms with van der Waals surface area (Å²) >= 11 is 0. The zero-order chi connectivity index (χ0) is 40.1. The third-order valence-corrected chi connectivity index (χ3v) is 10.3. The number of nitrogens with zero attached hydrogens (tertiary/aromatic N) is 1. The zero-order valence-electron chi connectivity index (χ0n) is 31.7. The Morgan fingerprint density at radius 2 is 1.45 bits per heavy atom. The predicted octanol–water partition coefficient (Wildman–Crippen LogP) is -2.28. The van der Waals surface area contributed by atoms with Crippen molar-refractivity contribution in [1.29, 1.82) is 0 Å². The van der Waals surface area contributed by atoms with Gasteiger partial charge in [0, 0.05) is 18.6 Å². The van der Waals surface area contributed by atoms with Crippen molar-refractivity contribution >= 4 is 17.7 Å². The molecule has 0 aliphatic carbocycles. The summed E-state index contributed by atoms with van der Waals surface area (Å²) in [5.74, 6) is -2.56. The highest BCUT2D eigenvalue weighted by atomic mass is 16.7. The van der Waals surface area contributed by atoms with E-state index < -0.39 is 103 Å². The van der Waals surface area contributed by atoms with Crippen LogP contribution in [0.1, 0.15) is 98.8 Å². The number of hydrogen-bond acceptors (Lipinski definition) is 14. The van der Waals surface area contributed by atoms with Crippen LogP contribution < -0.4 is 16.0 Å². The van der Waals surface area contributed by atoms with E-state index in [0.29, 0.717) is 32.2 Å². The summed E-state index contributed by atoms with van der Waals surface area (Å²) in [5, 5.41) is 103. The van der Waals surface area contributed by atoms with E-state index in [0.717, 1.165) is 37.2 Å². The highest BCUT2D eigenvalue weighted by Crippen LogP contribution is 2.43. The summed E-state index contributed by atoms with van der Waals surface area (Å²) in [6.45, 7) is 7.88. The Hall–Kier alpha value is -2.07. The van der Waals surface area contributed by atoms with E-state index in [4.69, 9.17) is 9.47 Å². The number of unbranched alkanes of at least 4 members (excludes halogenated alkanes) is 6. The third-order valence-electron chi connectivity index (χ3n) is 10.3. The molecular formula is C35H65N4O14. The van der Waals surface area contributed by atoms with Gasteiger partial charge in [-0.25, -0.2) is 0 Å². The molecule has 0 aromatic heterocycles. The van der Waals surface area contributed by atoms with E-state index >= 15 is 0 Å². The van der Waals surface area contributed by atoms with Crippen LogP contribution >= 0.6 is 0 Å². The van der Waals surface area contributed by atoms with Crippen LogP contribution in [0.4, 0.5) is 0 Å². The lowest BCUT2D eigenvalue weighted by molar-refractivity contribution is -0.326. The van der Waals surface area contributed by atoms with Gasteiger partial charge in [0.1, 0.15) is 48.8 Å². The van der Waals surface area contributed by atoms with Gasteiger partial charge in [-0.05, 0) is 59.8 Å². The number of hydrogen-bond donors (Lipinski definition) is 11. The minimum atomic E-state index is -2.35. The maximum absolute atomic E-state index is 13.2. The van der Waals surface area contributed by atoms with Gasteiger partial charge in [-0.1, -0.05) is 39.0 Å². The van der Waals surface area contributed by atoms with Crippen LogP contribution in [0, 0.1) is 5.92 Å². The first-order valence-corrected chi connectivity index (χ1v) is 18.8. The molecule has 0 aromatic carbocycles. The van der Waals surface area contributed by atoms with Gasteiger partial charge in [0.25, 0.3) is 5.91 Å². The average molecular weight is 766 g/mol. The Labute approximate surface area is 311 Å². The predicted molar refractivity (Wildman–Crippen MR) is 188 cm³/mol. The summed E-state index contributed by atoms with van der Waals surface area (Å²) < 4.78 is 10.6. The number of amides is 3. The number of rotatable bonds is 23. The van der Waals surface area contributed by atoms with E-state index in [9.17, 15) is 60.4 Å². The molecule has 0 spiro atoms. The normalized spacial score (nSPS) is 28.4. The molecule has 53 heavy (non-hydrogen) atoms. The Bertz CT molecular complexity index is 1130. The number of aliphatic hydroxyl groups excluding tert-OH is 8. The summed E-state index contributed by atoms with van der Waals surface area (Å²) in [6.07, 6.45) is -10.3. The maximum atomic E-state index is 13.2. The number of aliphatic hydroxyl groups is 8. The van der Waals surface area contributed by atoms with E-state index in [2.05, 4.69) is 22.9 Å². The summed E-state index contributed by atoms with van der Waals surface area (Å²) in [4.78, 5) is 39.5. The van der Waals surface area contributed by atoms with E-state index in [1.807, 2.05) is 0 Å². The minimum absolute atomic E-state index is 0.0765. The molecule has 2 heterocycles. The van der Waals surface area contributed by atoms with Gasteiger partial charge in [0.05, 0.1) is 24.7 Å². The van der Waals surface area contributed by atoms with Crippen molar-refractivity contribution < 1.29 is 69.9 Å². The lowest BCUT2D eigenvalue weighted by Crippen LogP contribution is -2.62. The van der Waals surface area contributed by atoms with E-state index in [1.54, 1.807) is 27.7 Å². The van der Waals surface area contributed by atoms with Crippen LogP contribution in [0.15, 0.2) is 0 Å². The van der Waals surface area contributed by atoms with Crippen molar-refractivity contribution in [2.75, 3.05) is 26.3 Å². The molecule has 309 valence electrons. The van der Waals surface area contributed by atoms with Gasteiger partial charge in [-0.15, -0.1) is 10.3 Å². The van der Waals surface area contributed by atoms with Crippen molar-refractivity contribution in [2.45, 2.75) is 171 Å². The molecule has 11 atom stereocenters. The monoisotopic (exact) mass is 765 g/mol. The van der Waals surface area contributed by atoms with Crippen molar-refractivity contribution in [1.82, 2.24) is 21.0 Å². The van der Waals surface area contributed by atoms with E-state index in [-0.39, 0.29) is 18.9 Å².